The summed E-state index contributed by atoms with van der Waals surface area (Å²) >= 11 is 6.09. The Bertz CT molecular complexity index is 402. The number of nitrogens with one attached hydrogen (secondary N) is 1. The van der Waals surface area contributed by atoms with Crippen molar-refractivity contribution in [1.82, 2.24) is 5.32 Å². The van der Waals surface area contributed by atoms with Crippen LogP contribution in [0.4, 0.5) is 4.39 Å². The molecule has 0 amide bonds. The number of aryl methyl sites for hydroxylation is 1. The van der Waals surface area contributed by atoms with E-state index in [0.717, 1.165) is 30.9 Å². The minimum atomic E-state index is -0.257. The standard InChI is InChI=1S/C16H23ClFN/c1-2-19-16(13-5-3-4-6-13)10-8-12-7-9-14(18)11-15(12)17/h7,9,11,13,16,19H,2-6,8,10H2,1H3. The van der Waals surface area contributed by atoms with Crippen molar-refractivity contribution in [2.45, 2.75) is 51.5 Å². The fraction of sp³-hybridized carbons (Fsp3) is 0.625. The summed E-state index contributed by atoms with van der Waals surface area (Å²) in [5.74, 6) is 0.548. The minimum absolute atomic E-state index is 0.257. The van der Waals surface area contributed by atoms with Crippen LogP contribution < -0.4 is 5.32 Å². The van der Waals surface area contributed by atoms with E-state index in [1.165, 1.54) is 37.8 Å². The van der Waals surface area contributed by atoms with Gasteiger partial charge in [0.2, 0.25) is 0 Å². The van der Waals surface area contributed by atoms with Crippen molar-refractivity contribution in [3.05, 3.63) is 34.6 Å². The molecule has 1 saturated carbocycles. The fourth-order valence-corrected chi connectivity index (χ4v) is 3.42. The zero-order valence-corrected chi connectivity index (χ0v) is 12.3. The molecular formula is C16H23ClFN. The van der Waals surface area contributed by atoms with Crippen LogP contribution in [0.15, 0.2) is 18.2 Å². The molecule has 2 rings (SSSR count). The quantitative estimate of drug-likeness (QED) is 0.806. The minimum Gasteiger partial charge on any atom is -0.314 e. The molecule has 1 unspecified atom stereocenters. The van der Waals surface area contributed by atoms with E-state index in [0.29, 0.717) is 11.1 Å². The van der Waals surface area contributed by atoms with Gasteiger partial charge in [-0.3, -0.25) is 0 Å². The molecule has 0 radical (unpaired) electrons. The van der Waals surface area contributed by atoms with E-state index in [1.807, 2.05) is 6.07 Å². The average Bonchev–Trinajstić information content (AvgIpc) is 2.90. The molecule has 0 aliphatic heterocycles. The smallest absolute Gasteiger partial charge is 0.124 e. The van der Waals surface area contributed by atoms with Gasteiger partial charge in [0.05, 0.1) is 0 Å². The molecule has 0 bridgehead atoms. The van der Waals surface area contributed by atoms with Crippen molar-refractivity contribution in [3.63, 3.8) is 0 Å². The van der Waals surface area contributed by atoms with Crippen molar-refractivity contribution in [3.8, 4) is 0 Å². The monoisotopic (exact) mass is 283 g/mol. The van der Waals surface area contributed by atoms with Crippen molar-refractivity contribution in [2.75, 3.05) is 6.54 Å². The second-order valence-corrected chi connectivity index (χ2v) is 5.89. The van der Waals surface area contributed by atoms with E-state index in [-0.39, 0.29) is 5.82 Å². The Morgan fingerprint density at radius 2 is 2.11 bits per heavy atom. The number of rotatable bonds is 6. The van der Waals surface area contributed by atoms with Crippen molar-refractivity contribution in [1.29, 1.82) is 0 Å². The van der Waals surface area contributed by atoms with Crippen LogP contribution in [0.2, 0.25) is 5.02 Å². The van der Waals surface area contributed by atoms with Crippen molar-refractivity contribution >= 4 is 11.6 Å². The SMILES string of the molecule is CCNC(CCc1ccc(F)cc1Cl)C1CCCC1. The third-order valence-electron chi connectivity index (χ3n) is 4.17. The highest BCUT2D eigenvalue weighted by Crippen LogP contribution is 2.30. The van der Waals surface area contributed by atoms with E-state index < -0.39 is 0 Å². The lowest BCUT2D eigenvalue weighted by molar-refractivity contribution is 0.346. The molecule has 106 valence electrons. The van der Waals surface area contributed by atoms with Gasteiger partial charge in [0.15, 0.2) is 0 Å². The van der Waals surface area contributed by atoms with Crippen LogP contribution in [0.1, 0.15) is 44.6 Å². The maximum atomic E-state index is 13.0. The molecule has 0 saturated heterocycles. The van der Waals surface area contributed by atoms with Crippen LogP contribution in [0.5, 0.6) is 0 Å². The van der Waals surface area contributed by atoms with E-state index in [4.69, 9.17) is 11.6 Å². The molecule has 1 nitrogen and oxygen atoms in total. The molecule has 1 aromatic carbocycles. The zero-order valence-electron chi connectivity index (χ0n) is 11.6. The van der Waals surface area contributed by atoms with Crippen LogP contribution in [0.25, 0.3) is 0 Å². The largest absolute Gasteiger partial charge is 0.314 e. The van der Waals surface area contributed by atoms with Crippen LogP contribution in [-0.4, -0.2) is 12.6 Å². The lowest BCUT2D eigenvalue weighted by atomic mass is 9.92. The van der Waals surface area contributed by atoms with Crippen molar-refractivity contribution < 1.29 is 4.39 Å². The van der Waals surface area contributed by atoms with Gasteiger partial charge >= 0.3 is 0 Å². The first-order chi connectivity index (χ1) is 9.20. The maximum Gasteiger partial charge on any atom is 0.124 e. The van der Waals surface area contributed by atoms with Gasteiger partial charge in [-0.05, 0) is 55.8 Å². The number of halogens is 2. The summed E-state index contributed by atoms with van der Waals surface area (Å²) in [6.07, 6.45) is 7.43. The molecule has 3 heteroatoms. The third kappa shape index (κ3) is 4.19. The summed E-state index contributed by atoms with van der Waals surface area (Å²) in [5, 5.41) is 4.17. The highest BCUT2D eigenvalue weighted by atomic mass is 35.5. The van der Waals surface area contributed by atoms with Gasteiger partial charge in [-0.15, -0.1) is 0 Å². The van der Waals surface area contributed by atoms with Gasteiger partial charge in [0, 0.05) is 11.1 Å². The molecule has 1 aromatic rings. The Morgan fingerprint density at radius 1 is 1.37 bits per heavy atom. The Morgan fingerprint density at radius 3 is 2.74 bits per heavy atom. The molecule has 1 fully saturated rings. The Labute approximate surface area is 120 Å². The summed E-state index contributed by atoms with van der Waals surface area (Å²) in [6, 6.07) is 5.30. The number of benzene rings is 1. The van der Waals surface area contributed by atoms with Crippen LogP contribution in [-0.2, 0) is 6.42 Å². The molecular weight excluding hydrogens is 261 g/mol. The summed E-state index contributed by atoms with van der Waals surface area (Å²) in [5.41, 5.74) is 1.06. The van der Waals surface area contributed by atoms with Crippen LogP contribution in [0, 0.1) is 11.7 Å². The molecule has 19 heavy (non-hydrogen) atoms. The summed E-state index contributed by atoms with van der Waals surface area (Å²) < 4.78 is 13.0. The second kappa shape index (κ2) is 7.25. The molecule has 1 N–H and O–H groups in total. The third-order valence-corrected chi connectivity index (χ3v) is 4.53. The Balaban J connectivity index is 1.93. The second-order valence-electron chi connectivity index (χ2n) is 5.48. The molecule has 1 aliphatic carbocycles. The molecule has 0 aromatic heterocycles. The predicted molar refractivity (Wildman–Crippen MR) is 79.2 cm³/mol. The zero-order chi connectivity index (χ0) is 13.7. The number of hydrogen-bond donors (Lipinski definition) is 1. The van der Waals surface area contributed by atoms with Gasteiger partial charge in [-0.25, -0.2) is 4.39 Å². The lowest BCUT2D eigenvalue weighted by Gasteiger charge is -2.24. The molecule has 1 aliphatic rings. The first kappa shape index (κ1) is 14.8. The van der Waals surface area contributed by atoms with Gasteiger partial charge in [0.1, 0.15) is 5.82 Å². The first-order valence-corrected chi connectivity index (χ1v) is 7.75. The molecule has 0 spiro atoms. The van der Waals surface area contributed by atoms with Crippen molar-refractivity contribution in [2.24, 2.45) is 5.92 Å². The van der Waals surface area contributed by atoms with Gasteiger partial charge < -0.3 is 5.32 Å². The van der Waals surface area contributed by atoms with Gasteiger partial charge in [-0.2, -0.15) is 0 Å². The summed E-state index contributed by atoms with van der Waals surface area (Å²) in [7, 11) is 0. The normalized spacial score (nSPS) is 17.8. The van der Waals surface area contributed by atoms with Crippen LogP contribution >= 0.6 is 11.6 Å². The summed E-state index contributed by atoms with van der Waals surface area (Å²) in [4.78, 5) is 0. The lowest BCUT2D eigenvalue weighted by Crippen LogP contribution is -2.35. The average molecular weight is 284 g/mol. The molecule has 0 heterocycles. The van der Waals surface area contributed by atoms with E-state index >= 15 is 0 Å². The topological polar surface area (TPSA) is 12.0 Å². The predicted octanol–water partition coefficient (Wildman–Crippen LogP) is 4.58. The van der Waals surface area contributed by atoms with E-state index in [2.05, 4.69) is 12.2 Å². The Kier molecular flexibility index (Phi) is 5.65. The molecule has 1 atom stereocenters. The maximum absolute atomic E-state index is 13.0. The van der Waals surface area contributed by atoms with Crippen LogP contribution in [0.3, 0.4) is 0 Å². The highest BCUT2D eigenvalue weighted by Gasteiger charge is 2.24. The fourth-order valence-electron chi connectivity index (χ4n) is 3.16. The Hall–Kier alpha value is -0.600. The van der Waals surface area contributed by atoms with E-state index in [9.17, 15) is 4.39 Å². The first-order valence-electron chi connectivity index (χ1n) is 7.38. The van der Waals surface area contributed by atoms with Gasteiger partial charge in [0.25, 0.3) is 0 Å². The van der Waals surface area contributed by atoms with E-state index in [1.54, 1.807) is 0 Å². The number of hydrogen-bond acceptors (Lipinski definition) is 1. The van der Waals surface area contributed by atoms with Gasteiger partial charge in [-0.1, -0.05) is 37.4 Å². The highest BCUT2D eigenvalue weighted by molar-refractivity contribution is 6.31. The summed E-state index contributed by atoms with van der Waals surface area (Å²) in [6.45, 7) is 3.17.